The van der Waals surface area contributed by atoms with Crippen LogP contribution in [0.15, 0.2) is 0 Å². The van der Waals surface area contributed by atoms with E-state index in [4.69, 9.17) is 0 Å². The number of hydrogen-bond acceptors (Lipinski definition) is 3. The van der Waals surface area contributed by atoms with Crippen LogP contribution >= 0.6 is 0 Å². The molecular formula is C11H23NO2. The van der Waals surface area contributed by atoms with Crippen LogP contribution < -0.4 is 0 Å². The average molecular weight is 201 g/mol. The quantitative estimate of drug-likeness (QED) is 0.613. The largest absolute Gasteiger partial charge is 0.468 e. The van der Waals surface area contributed by atoms with Crippen molar-refractivity contribution in [2.24, 2.45) is 11.8 Å². The van der Waals surface area contributed by atoms with Crippen LogP contribution in [0.25, 0.3) is 0 Å². The molecule has 0 heterocycles. The molecule has 3 heteroatoms. The number of rotatable bonds is 6. The van der Waals surface area contributed by atoms with Gasteiger partial charge >= 0.3 is 5.97 Å². The number of methoxy groups -OCH3 is 1. The zero-order chi connectivity index (χ0) is 11.1. The summed E-state index contributed by atoms with van der Waals surface area (Å²) >= 11 is 0. The summed E-state index contributed by atoms with van der Waals surface area (Å²) in [5.74, 6) is 1.02. The Hall–Kier alpha value is -0.570. The van der Waals surface area contributed by atoms with Gasteiger partial charge in [0.15, 0.2) is 0 Å². The van der Waals surface area contributed by atoms with Crippen molar-refractivity contribution >= 4 is 5.97 Å². The van der Waals surface area contributed by atoms with Gasteiger partial charge in [0, 0.05) is 13.1 Å². The van der Waals surface area contributed by atoms with Gasteiger partial charge in [0.2, 0.25) is 0 Å². The highest BCUT2D eigenvalue weighted by molar-refractivity contribution is 5.71. The molecule has 0 aliphatic rings. The lowest BCUT2D eigenvalue weighted by Crippen LogP contribution is -2.36. The van der Waals surface area contributed by atoms with Gasteiger partial charge in [0.1, 0.15) is 0 Å². The predicted molar refractivity (Wildman–Crippen MR) is 58.1 cm³/mol. The Labute approximate surface area is 87.4 Å². The molecule has 0 bridgehead atoms. The molecule has 0 atom stereocenters. The minimum atomic E-state index is -0.147. The van der Waals surface area contributed by atoms with E-state index < -0.39 is 0 Å². The number of carbonyl (C=O) groups is 1. The highest BCUT2D eigenvalue weighted by Crippen LogP contribution is 2.03. The second-order valence-electron chi connectivity index (χ2n) is 4.56. The molecule has 0 radical (unpaired) electrons. The van der Waals surface area contributed by atoms with Crippen LogP contribution in [0.1, 0.15) is 27.7 Å². The van der Waals surface area contributed by atoms with E-state index in [9.17, 15) is 4.79 Å². The Morgan fingerprint density at radius 1 is 1.14 bits per heavy atom. The fraction of sp³-hybridized carbons (Fsp3) is 0.909. The first kappa shape index (κ1) is 13.4. The molecule has 0 fully saturated rings. The van der Waals surface area contributed by atoms with Gasteiger partial charge in [0.25, 0.3) is 0 Å². The smallest absolute Gasteiger partial charge is 0.319 e. The highest BCUT2D eigenvalue weighted by atomic mass is 16.5. The third-order valence-electron chi connectivity index (χ3n) is 1.83. The second-order valence-corrected chi connectivity index (χ2v) is 4.56. The summed E-state index contributed by atoms with van der Waals surface area (Å²) < 4.78 is 4.66. The maximum atomic E-state index is 11.1. The zero-order valence-corrected chi connectivity index (χ0v) is 10.0. The van der Waals surface area contributed by atoms with Gasteiger partial charge in [0.05, 0.1) is 13.7 Å². The van der Waals surface area contributed by atoms with E-state index in [1.165, 1.54) is 7.11 Å². The first-order valence-corrected chi connectivity index (χ1v) is 5.24. The Kier molecular flexibility index (Phi) is 6.54. The topological polar surface area (TPSA) is 29.5 Å². The van der Waals surface area contributed by atoms with Crippen LogP contribution in [-0.2, 0) is 9.53 Å². The lowest BCUT2D eigenvalue weighted by atomic mass is 10.1. The van der Waals surface area contributed by atoms with Crippen LogP contribution in [0.3, 0.4) is 0 Å². The molecule has 0 aromatic heterocycles. The van der Waals surface area contributed by atoms with Gasteiger partial charge < -0.3 is 4.74 Å². The fourth-order valence-electron chi connectivity index (χ4n) is 1.48. The summed E-state index contributed by atoms with van der Waals surface area (Å²) in [5.41, 5.74) is 0. The fourth-order valence-corrected chi connectivity index (χ4v) is 1.48. The van der Waals surface area contributed by atoms with Gasteiger partial charge in [-0.05, 0) is 11.8 Å². The lowest BCUT2D eigenvalue weighted by Gasteiger charge is -2.24. The third kappa shape index (κ3) is 6.89. The van der Waals surface area contributed by atoms with E-state index in [2.05, 4.69) is 37.3 Å². The van der Waals surface area contributed by atoms with Crippen LogP contribution in [-0.4, -0.2) is 37.6 Å². The van der Waals surface area contributed by atoms with Crippen LogP contribution in [0.5, 0.6) is 0 Å². The van der Waals surface area contributed by atoms with Gasteiger partial charge in [-0.25, -0.2) is 0 Å². The number of esters is 1. The molecule has 0 spiro atoms. The van der Waals surface area contributed by atoms with Gasteiger partial charge in [-0.1, -0.05) is 27.7 Å². The maximum absolute atomic E-state index is 11.1. The van der Waals surface area contributed by atoms with E-state index in [0.717, 1.165) is 13.1 Å². The molecule has 0 aliphatic carbocycles. The molecule has 0 aromatic carbocycles. The normalized spacial score (nSPS) is 11.4. The van der Waals surface area contributed by atoms with Crippen molar-refractivity contribution in [3.63, 3.8) is 0 Å². The van der Waals surface area contributed by atoms with E-state index >= 15 is 0 Å². The molecule has 0 N–H and O–H groups in total. The van der Waals surface area contributed by atoms with E-state index in [0.29, 0.717) is 18.4 Å². The number of carbonyl (C=O) groups excluding carboxylic acids is 1. The molecule has 3 nitrogen and oxygen atoms in total. The highest BCUT2D eigenvalue weighted by Gasteiger charge is 2.13. The minimum absolute atomic E-state index is 0.147. The van der Waals surface area contributed by atoms with E-state index in [1.807, 2.05) is 0 Å². The van der Waals surface area contributed by atoms with Crippen molar-refractivity contribution in [1.82, 2.24) is 4.90 Å². The Morgan fingerprint density at radius 2 is 1.57 bits per heavy atom. The summed E-state index contributed by atoms with van der Waals surface area (Å²) in [6.45, 7) is 10.9. The van der Waals surface area contributed by atoms with Crippen molar-refractivity contribution in [3.05, 3.63) is 0 Å². The van der Waals surface area contributed by atoms with Crippen LogP contribution in [0, 0.1) is 11.8 Å². The standard InChI is InChI=1S/C11H23NO2/c1-9(2)6-12(7-10(3)4)8-11(13)14-5/h9-10H,6-8H2,1-5H3. The Bertz CT molecular complexity index is 157. The molecule has 0 unspecified atom stereocenters. The first-order valence-electron chi connectivity index (χ1n) is 5.24. The van der Waals surface area contributed by atoms with Crippen molar-refractivity contribution in [2.75, 3.05) is 26.7 Å². The maximum Gasteiger partial charge on any atom is 0.319 e. The molecule has 0 amide bonds. The molecule has 0 saturated carbocycles. The van der Waals surface area contributed by atoms with Crippen molar-refractivity contribution < 1.29 is 9.53 Å². The SMILES string of the molecule is COC(=O)CN(CC(C)C)CC(C)C. The molecule has 0 rings (SSSR count). The van der Waals surface area contributed by atoms with Crippen molar-refractivity contribution in [2.45, 2.75) is 27.7 Å². The molecule has 0 saturated heterocycles. The second kappa shape index (κ2) is 6.82. The molecule has 84 valence electrons. The molecule has 0 aromatic rings. The summed E-state index contributed by atoms with van der Waals surface area (Å²) in [6.07, 6.45) is 0. The van der Waals surface area contributed by atoms with Crippen molar-refractivity contribution in [1.29, 1.82) is 0 Å². The van der Waals surface area contributed by atoms with E-state index in [-0.39, 0.29) is 5.97 Å². The van der Waals surface area contributed by atoms with Gasteiger partial charge in [-0.15, -0.1) is 0 Å². The van der Waals surface area contributed by atoms with Gasteiger partial charge in [-0.2, -0.15) is 0 Å². The number of ether oxygens (including phenoxy) is 1. The van der Waals surface area contributed by atoms with Crippen molar-refractivity contribution in [3.8, 4) is 0 Å². The molecular weight excluding hydrogens is 178 g/mol. The lowest BCUT2D eigenvalue weighted by molar-refractivity contribution is -0.142. The molecule has 0 aliphatic heterocycles. The summed E-state index contributed by atoms with van der Waals surface area (Å²) in [7, 11) is 1.44. The third-order valence-corrected chi connectivity index (χ3v) is 1.83. The van der Waals surface area contributed by atoms with Gasteiger partial charge in [-0.3, -0.25) is 9.69 Å². The first-order chi connectivity index (χ1) is 6.45. The number of nitrogens with zero attached hydrogens (tertiary/aromatic N) is 1. The zero-order valence-electron chi connectivity index (χ0n) is 10.0. The summed E-state index contributed by atoms with van der Waals surface area (Å²) in [6, 6.07) is 0. The summed E-state index contributed by atoms with van der Waals surface area (Å²) in [4.78, 5) is 13.3. The van der Waals surface area contributed by atoms with Crippen LogP contribution in [0.2, 0.25) is 0 Å². The minimum Gasteiger partial charge on any atom is -0.468 e. The summed E-state index contributed by atoms with van der Waals surface area (Å²) in [5, 5.41) is 0. The average Bonchev–Trinajstić information content (AvgIpc) is 2.01. The predicted octanol–water partition coefficient (Wildman–Crippen LogP) is 1.77. The number of hydrogen-bond donors (Lipinski definition) is 0. The molecule has 14 heavy (non-hydrogen) atoms. The monoisotopic (exact) mass is 201 g/mol. The Balaban J connectivity index is 4.03. The van der Waals surface area contributed by atoms with Crippen LogP contribution in [0.4, 0.5) is 0 Å². The Morgan fingerprint density at radius 3 is 1.86 bits per heavy atom. The van der Waals surface area contributed by atoms with E-state index in [1.54, 1.807) is 0 Å².